The zero-order valence-electron chi connectivity index (χ0n) is 19.9. The van der Waals surface area contributed by atoms with E-state index in [9.17, 15) is 22.1 Å². The molecule has 5 rings (SSSR count). The van der Waals surface area contributed by atoms with E-state index in [-0.39, 0.29) is 11.0 Å². The Balaban J connectivity index is 1.51. The van der Waals surface area contributed by atoms with Gasteiger partial charge < -0.3 is 9.45 Å². The SMILES string of the molecule is CN([C@@H](c1ccc(N2CCC3(CC3)c3c2cnc2cc(F)nn32)cc1)C(F)(F)F)[S+]([O-])C(C)(C)C. The molecule has 35 heavy (non-hydrogen) atoms. The van der Waals surface area contributed by atoms with Crippen molar-refractivity contribution in [2.75, 3.05) is 18.5 Å². The maximum absolute atomic E-state index is 14.1. The number of alkyl halides is 3. The van der Waals surface area contributed by atoms with Crippen LogP contribution in [0.2, 0.25) is 0 Å². The van der Waals surface area contributed by atoms with Crippen molar-refractivity contribution in [1.82, 2.24) is 18.9 Å². The topological polar surface area (TPSA) is 59.7 Å². The van der Waals surface area contributed by atoms with Crippen LogP contribution in [-0.4, -0.2) is 48.0 Å². The Bertz CT molecular complexity index is 1250. The summed E-state index contributed by atoms with van der Waals surface area (Å²) in [4.78, 5) is 6.35. The number of halogens is 4. The van der Waals surface area contributed by atoms with Crippen LogP contribution in [0.5, 0.6) is 0 Å². The van der Waals surface area contributed by atoms with Crippen LogP contribution >= 0.6 is 0 Å². The molecule has 1 aliphatic carbocycles. The summed E-state index contributed by atoms with van der Waals surface area (Å²) in [5.74, 6) is -0.599. The lowest BCUT2D eigenvalue weighted by atomic mass is 9.91. The molecule has 1 saturated carbocycles. The van der Waals surface area contributed by atoms with Gasteiger partial charge in [0, 0.05) is 42.1 Å². The van der Waals surface area contributed by atoms with Crippen molar-refractivity contribution in [2.24, 2.45) is 0 Å². The second-order valence-electron chi connectivity index (χ2n) is 10.4. The Labute approximate surface area is 204 Å². The van der Waals surface area contributed by atoms with E-state index >= 15 is 0 Å². The number of fused-ring (bicyclic) bond motifs is 4. The minimum absolute atomic E-state index is 0.0139. The van der Waals surface area contributed by atoms with Gasteiger partial charge in [-0.3, -0.25) is 0 Å². The molecule has 6 nitrogen and oxygen atoms in total. The molecule has 1 unspecified atom stereocenters. The van der Waals surface area contributed by atoms with Gasteiger partial charge in [0.25, 0.3) is 0 Å². The summed E-state index contributed by atoms with van der Waals surface area (Å²) in [6, 6.07) is 5.44. The van der Waals surface area contributed by atoms with Crippen molar-refractivity contribution in [2.45, 2.75) is 62.4 Å². The van der Waals surface area contributed by atoms with Crippen molar-refractivity contribution in [1.29, 1.82) is 0 Å². The summed E-state index contributed by atoms with van der Waals surface area (Å²) in [7, 11) is 1.24. The Morgan fingerprint density at radius 2 is 1.77 bits per heavy atom. The summed E-state index contributed by atoms with van der Waals surface area (Å²) in [6.07, 6.45) is -0.110. The standard InChI is InChI=1S/C24H27F4N5OS/c1-22(2,3)35(34)31(4)20(24(26,27)28)15-5-7-16(8-6-15)32-12-11-23(9-10-23)21-17(32)14-29-19-13-18(25)30-33(19)21/h5-8,13-14,20H,9-12H2,1-4H3/t20-,35?/m0/s1. The summed E-state index contributed by atoms with van der Waals surface area (Å²) in [5.41, 5.74) is 2.78. The van der Waals surface area contributed by atoms with Crippen LogP contribution in [0.15, 0.2) is 36.5 Å². The molecule has 1 aliphatic heterocycles. The van der Waals surface area contributed by atoms with E-state index in [1.807, 2.05) is 4.90 Å². The van der Waals surface area contributed by atoms with E-state index in [0.717, 1.165) is 34.9 Å². The van der Waals surface area contributed by atoms with Gasteiger partial charge in [0.1, 0.15) is 4.75 Å². The van der Waals surface area contributed by atoms with Crippen molar-refractivity contribution in [3.63, 3.8) is 0 Å². The zero-order chi connectivity index (χ0) is 25.3. The number of hydrogen-bond acceptors (Lipinski definition) is 5. The van der Waals surface area contributed by atoms with E-state index in [1.54, 1.807) is 43.6 Å². The van der Waals surface area contributed by atoms with Gasteiger partial charge in [-0.15, -0.1) is 9.40 Å². The molecule has 1 aromatic carbocycles. The quantitative estimate of drug-likeness (QED) is 0.346. The van der Waals surface area contributed by atoms with Crippen LogP contribution in [0.1, 0.15) is 57.3 Å². The van der Waals surface area contributed by atoms with Crippen molar-refractivity contribution in [3.8, 4) is 0 Å². The molecule has 188 valence electrons. The Morgan fingerprint density at radius 3 is 2.34 bits per heavy atom. The first-order valence-corrected chi connectivity index (χ1v) is 12.6. The fourth-order valence-corrected chi connectivity index (χ4v) is 6.33. The lowest BCUT2D eigenvalue weighted by molar-refractivity contribution is -0.171. The molecule has 2 aliphatic rings. The maximum atomic E-state index is 14.1. The predicted octanol–water partition coefficient (Wildman–Crippen LogP) is 5.44. The maximum Gasteiger partial charge on any atom is 0.412 e. The smallest absolute Gasteiger partial charge is 0.412 e. The number of nitrogens with zero attached hydrogens (tertiary/aromatic N) is 5. The Kier molecular flexibility index (Phi) is 5.61. The molecule has 0 saturated heterocycles. The molecular formula is C24H27F4N5OS. The molecule has 1 fully saturated rings. The molecule has 2 atom stereocenters. The van der Waals surface area contributed by atoms with Crippen molar-refractivity contribution in [3.05, 3.63) is 53.7 Å². The zero-order valence-corrected chi connectivity index (χ0v) is 20.8. The molecule has 0 bridgehead atoms. The summed E-state index contributed by atoms with van der Waals surface area (Å²) in [6.45, 7) is 5.60. The number of rotatable bonds is 4. The fourth-order valence-electron chi connectivity index (χ4n) is 5.03. The highest BCUT2D eigenvalue weighted by molar-refractivity contribution is 7.90. The van der Waals surface area contributed by atoms with E-state index in [2.05, 4.69) is 10.1 Å². The minimum Gasteiger partial charge on any atom is -0.597 e. The summed E-state index contributed by atoms with van der Waals surface area (Å²) in [5, 5.41) is 4.01. The highest BCUT2D eigenvalue weighted by atomic mass is 32.2. The number of benzene rings is 1. The largest absolute Gasteiger partial charge is 0.597 e. The average Bonchev–Trinajstić information content (AvgIpc) is 3.43. The highest BCUT2D eigenvalue weighted by Crippen LogP contribution is 2.57. The third-order valence-electron chi connectivity index (χ3n) is 6.87. The van der Waals surface area contributed by atoms with Gasteiger partial charge in [-0.1, -0.05) is 12.1 Å². The van der Waals surface area contributed by atoms with Crippen LogP contribution in [0.25, 0.3) is 5.65 Å². The molecule has 11 heteroatoms. The first-order valence-electron chi connectivity index (χ1n) is 11.5. The third-order valence-corrected chi connectivity index (χ3v) is 8.66. The van der Waals surface area contributed by atoms with E-state index in [1.165, 1.54) is 25.2 Å². The normalized spacial score (nSPS) is 19.3. The van der Waals surface area contributed by atoms with Gasteiger partial charge in [-0.2, -0.15) is 17.6 Å². The number of hydrogen-bond donors (Lipinski definition) is 0. The fraction of sp³-hybridized carbons (Fsp3) is 0.500. The number of aromatic nitrogens is 3. The van der Waals surface area contributed by atoms with Crippen molar-refractivity contribution >= 4 is 28.4 Å². The minimum atomic E-state index is -4.60. The van der Waals surface area contributed by atoms with Gasteiger partial charge >= 0.3 is 6.18 Å². The van der Waals surface area contributed by atoms with Crippen LogP contribution in [0, 0.1) is 5.95 Å². The average molecular weight is 510 g/mol. The molecule has 2 aromatic heterocycles. The Hall–Kier alpha value is -2.37. The van der Waals surface area contributed by atoms with E-state index in [4.69, 9.17) is 0 Å². The van der Waals surface area contributed by atoms with Gasteiger partial charge in [-0.25, -0.2) is 9.50 Å². The monoisotopic (exact) mass is 509 g/mol. The molecule has 3 aromatic rings. The van der Waals surface area contributed by atoms with Gasteiger partial charge in [0.15, 0.2) is 11.7 Å². The predicted molar refractivity (Wildman–Crippen MR) is 126 cm³/mol. The first kappa shape index (κ1) is 24.3. The van der Waals surface area contributed by atoms with Crippen LogP contribution in [0.4, 0.5) is 28.9 Å². The second kappa shape index (κ2) is 8.07. The third kappa shape index (κ3) is 4.17. The lowest BCUT2D eigenvalue weighted by Gasteiger charge is -2.37. The lowest BCUT2D eigenvalue weighted by Crippen LogP contribution is -2.46. The van der Waals surface area contributed by atoms with Gasteiger partial charge in [0.05, 0.1) is 17.6 Å². The summed E-state index contributed by atoms with van der Waals surface area (Å²) < 4.78 is 70.4. The first-order chi connectivity index (χ1) is 16.3. The molecule has 1 spiro atoms. The molecule has 0 amide bonds. The number of anilines is 2. The molecule has 0 N–H and O–H groups in total. The van der Waals surface area contributed by atoms with E-state index in [0.29, 0.717) is 17.9 Å². The molecule has 0 radical (unpaired) electrons. The van der Waals surface area contributed by atoms with Crippen LogP contribution in [-0.2, 0) is 16.8 Å². The molecule has 3 heterocycles. The van der Waals surface area contributed by atoms with Crippen LogP contribution in [0.3, 0.4) is 0 Å². The summed E-state index contributed by atoms with van der Waals surface area (Å²) >= 11 is -1.86. The van der Waals surface area contributed by atoms with Crippen molar-refractivity contribution < 1.29 is 22.1 Å². The van der Waals surface area contributed by atoms with Gasteiger partial charge in [0.2, 0.25) is 5.95 Å². The highest BCUT2D eigenvalue weighted by Gasteiger charge is 2.52. The van der Waals surface area contributed by atoms with Gasteiger partial charge in [-0.05, 0) is 57.7 Å². The van der Waals surface area contributed by atoms with Crippen LogP contribution < -0.4 is 4.90 Å². The van der Waals surface area contributed by atoms with E-state index < -0.39 is 34.3 Å². The molecular weight excluding hydrogens is 482 g/mol. The Morgan fingerprint density at radius 1 is 1.11 bits per heavy atom. The second-order valence-corrected chi connectivity index (χ2v) is 12.7.